The molecule has 0 aromatic rings. The van der Waals surface area contributed by atoms with Crippen LogP contribution in [0, 0.1) is 5.92 Å². The fourth-order valence-electron chi connectivity index (χ4n) is 2.86. The molecule has 3 heteroatoms. The third kappa shape index (κ3) is 2.17. The third-order valence-electron chi connectivity index (χ3n) is 3.37. The number of nitrogens with one attached hydrogen (secondary N) is 1. The average Bonchev–Trinajstić information content (AvgIpc) is 2.20. The topological polar surface area (TPSA) is 32.3 Å². The number of hydrogen-bond acceptors (Lipinski definition) is 2. The molecule has 1 rings (SSSR count). The quantitative estimate of drug-likeness (QED) is 0.754. The van der Waals surface area contributed by atoms with Crippen LogP contribution in [0.5, 0.6) is 0 Å². The molecule has 15 heavy (non-hydrogen) atoms. The van der Waals surface area contributed by atoms with Gasteiger partial charge in [-0.3, -0.25) is 4.79 Å². The van der Waals surface area contributed by atoms with E-state index in [2.05, 4.69) is 39.9 Å². The van der Waals surface area contributed by atoms with Crippen LogP contribution >= 0.6 is 0 Å². The fourth-order valence-corrected chi connectivity index (χ4v) is 2.86. The molecule has 1 heterocycles. The van der Waals surface area contributed by atoms with Crippen LogP contribution in [0.1, 0.15) is 41.0 Å². The Morgan fingerprint density at radius 3 is 2.33 bits per heavy atom. The minimum atomic E-state index is -0.0803. The van der Waals surface area contributed by atoms with E-state index in [9.17, 15) is 4.79 Å². The number of likely N-dealkylation sites (tertiary alicyclic amines) is 1. The fraction of sp³-hybridized carbons (Fsp3) is 0.917. The highest BCUT2D eigenvalue weighted by atomic mass is 16.2. The van der Waals surface area contributed by atoms with Crippen molar-refractivity contribution in [2.75, 3.05) is 13.6 Å². The monoisotopic (exact) mass is 212 g/mol. The van der Waals surface area contributed by atoms with Crippen LogP contribution < -0.4 is 5.32 Å². The number of nitrogens with zero attached hydrogens (tertiary/aromatic N) is 1. The molecule has 0 saturated carbocycles. The Morgan fingerprint density at radius 1 is 1.47 bits per heavy atom. The van der Waals surface area contributed by atoms with Crippen molar-refractivity contribution >= 4 is 5.91 Å². The van der Waals surface area contributed by atoms with Crippen molar-refractivity contribution in [3.63, 3.8) is 0 Å². The molecule has 0 radical (unpaired) electrons. The van der Waals surface area contributed by atoms with E-state index in [4.69, 9.17) is 0 Å². The maximum absolute atomic E-state index is 12.0. The number of carbonyl (C=O) groups is 1. The maximum Gasteiger partial charge on any atom is 0.223 e. The van der Waals surface area contributed by atoms with Crippen molar-refractivity contribution in [1.29, 1.82) is 0 Å². The Kier molecular flexibility index (Phi) is 3.15. The Hall–Kier alpha value is -0.570. The van der Waals surface area contributed by atoms with Crippen molar-refractivity contribution in [3.05, 3.63) is 0 Å². The number of amides is 1. The molecular formula is C12H24N2O. The van der Waals surface area contributed by atoms with Crippen LogP contribution in [0.15, 0.2) is 0 Å². The first-order valence-electron chi connectivity index (χ1n) is 5.69. The van der Waals surface area contributed by atoms with Crippen molar-refractivity contribution in [2.24, 2.45) is 5.92 Å². The first-order chi connectivity index (χ1) is 6.71. The number of hydrogen-bond donors (Lipinski definition) is 1. The molecule has 1 aliphatic rings. The summed E-state index contributed by atoms with van der Waals surface area (Å²) in [6, 6.07) is 0. The van der Waals surface area contributed by atoms with Gasteiger partial charge in [0.05, 0.1) is 0 Å². The Bertz CT molecular complexity index is 253. The Balaban J connectivity index is 2.95. The average molecular weight is 212 g/mol. The molecule has 0 aliphatic carbocycles. The zero-order chi connectivity index (χ0) is 11.9. The summed E-state index contributed by atoms with van der Waals surface area (Å²) in [6.45, 7) is 11.6. The number of carbonyl (C=O) groups excluding carboxylic acids is 1. The van der Waals surface area contributed by atoms with E-state index in [0.29, 0.717) is 12.3 Å². The standard InChI is InChI=1S/C12H24N2O/c1-11(2,3)14-10(15)7-9(8-13-6)12(14,4)5/h9,13H,7-8H2,1-6H3. The van der Waals surface area contributed by atoms with Gasteiger partial charge < -0.3 is 10.2 Å². The summed E-state index contributed by atoms with van der Waals surface area (Å²) in [5, 5.41) is 3.18. The van der Waals surface area contributed by atoms with Gasteiger partial charge in [-0.2, -0.15) is 0 Å². The van der Waals surface area contributed by atoms with E-state index in [1.54, 1.807) is 0 Å². The van der Waals surface area contributed by atoms with E-state index in [0.717, 1.165) is 6.54 Å². The molecule has 0 bridgehead atoms. The summed E-state index contributed by atoms with van der Waals surface area (Å²) in [6.07, 6.45) is 0.672. The maximum atomic E-state index is 12.0. The largest absolute Gasteiger partial charge is 0.332 e. The van der Waals surface area contributed by atoms with Gasteiger partial charge >= 0.3 is 0 Å². The SMILES string of the molecule is CNCC1CC(=O)N(C(C)(C)C)C1(C)C. The molecule has 1 unspecified atom stereocenters. The lowest BCUT2D eigenvalue weighted by atomic mass is 9.86. The van der Waals surface area contributed by atoms with E-state index in [-0.39, 0.29) is 17.0 Å². The summed E-state index contributed by atoms with van der Waals surface area (Å²) in [5.41, 5.74) is -0.124. The lowest BCUT2D eigenvalue weighted by Gasteiger charge is -2.44. The lowest BCUT2D eigenvalue weighted by molar-refractivity contribution is -0.136. The zero-order valence-corrected chi connectivity index (χ0v) is 10.8. The van der Waals surface area contributed by atoms with Crippen LogP contribution in [-0.2, 0) is 4.79 Å². The third-order valence-corrected chi connectivity index (χ3v) is 3.37. The normalized spacial score (nSPS) is 26.1. The van der Waals surface area contributed by atoms with E-state index in [1.165, 1.54) is 0 Å². The van der Waals surface area contributed by atoms with Gasteiger partial charge in [0, 0.05) is 30.0 Å². The highest BCUT2D eigenvalue weighted by Gasteiger charge is 2.49. The highest BCUT2D eigenvalue weighted by Crippen LogP contribution is 2.39. The second kappa shape index (κ2) is 3.78. The van der Waals surface area contributed by atoms with Gasteiger partial charge in [-0.25, -0.2) is 0 Å². The van der Waals surface area contributed by atoms with Gasteiger partial charge in [-0.15, -0.1) is 0 Å². The van der Waals surface area contributed by atoms with Gasteiger partial charge in [0.1, 0.15) is 0 Å². The molecule has 88 valence electrons. The number of rotatable bonds is 2. The van der Waals surface area contributed by atoms with Crippen molar-refractivity contribution in [2.45, 2.75) is 52.1 Å². The molecule has 1 fully saturated rings. The molecule has 1 saturated heterocycles. The predicted octanol–water partition coefficient (Wildman–Crippen LogP) is 1.63. The van der Waals surface area contributed by atoms with Crippen LogP contribution in [-0.4, -0.2) is 35.5 Å². The summed E-state index contributed by atoms with van der Waals surface area (Å²) >= 11 is 0. The molecule has 1 N–H and O–H groups in total. The van der Waals surface area contributed by atoms with Crippen molar-refractivity contribution < 1.29 is 4.79 Å². The second-order valence-electron chi connectivity index (χ2n) is 6.01. The molecule has 1 atom stereocenters. The lowest BCUT2D eigenvalue weighted by Crippen LogP contribution is -2.54. The second-order valence-corrected chi connectivity index (χ2v) is 6.01. The minimum absolute atomic E-state index is 0.0433. The molecule has 3 nitrogen and oxygen atoms in total. The van der Waals surface area contributed by atoms with Gasteiger partial charge in [0.15, 0.2) is 0 Å². The van der Waals surface area contributed by atoms with Crippen LogP contribution in [0.3, 0.4) is 0 Å². The minimum Gasteiger partial charge on any atom is -0.332 e. The molecule has 0 spiro atoms. The Labute approximate surface area is 93.2 Å². The first-order valence-corrected chi connectivity index (χ1v) is 5.69. The Morgan fingerprint density at radius 2 is 2.00 bits per heavy atom. The first kappa shape index (κ1) is 12.5. The molecule has 0 aromatic heterocycles. The summed E-state index contributed by atoms with van der Waals surface area (Å²) < 4.78 is 0. The predicted molar refractivity (Wildman–Crippen MR) is 62.7 cm³/mol. The molecular weight excluding hydrogens is 188 g/mol. The molecule has 0 aromatic carbocycles. The van der Waals surface area contributed by atoms with Crippen LogP contribution in [0.2, 0.25) is 0 Å². The summed E-state index contributed by atoms with van der Waals surface area (Å²) in [7, 11) is 1.94. The smallest absolute Gasteiger partial charge is 0.223 e. The van der Waals surface area contributed by atoms with Gasteiger partial charge in [0.25, 0.3) is 0 Å². The van der Waals surface area contributed by atoms with Gasteiger partial charge in [0.2, 0.25) is 5.91 Å². The van der Waals surface area contributed by atoms with E-state index >= 15 is 0 Å². The van der Waals surface area contributed by atoms with E-state index < -0.39 is 0 Å². The van der Waals surface area contributed by atoms with Crippen molar-refractivity contribution in [1.82, 2.24) is 10.2 Å². The van der Waals surface area contributed by atoms with Gasteiger partial charge in [-0.05, 0) is 41.7 Å². The molecule has 1 aliphatic heterocycles. The van der Waals surface area contributed by atoms with E-state index in [1.807, 2.05) is 11.9 Å². The van der Waals surface area contributed by atoms with Crippen LogP contribution in [0.4, 0.5) is 0 Å². The zero-order valence-electron chi connectivity index (χ0n) is 10.8. The van der Waals surface area contributed by atoms with Crippen LogP contribution in [0.25, 0.3) is 0 Å². The summed E-state index contributed by atoms with van der Waals surface area (Å²) in [5.74, 6) is 0.696. The highest BCUT2D eigenvalue weighted by molar-refractivity contribution is 5.81. The van der Waals surface area contributed by atoms with Crippen molar-refractivity contribution in [3.8, 4) is 0 Å². The molecule has 1 amide bonds. The van der Waals surface area contributed by atoms with Gasteiger partial charge in [-0.1, -0.05) is 0 Å². The summed E-state index contributed by atoms with van der Waals surface area (Å²) in [4.78, 5) is 14.1.